The maximum Gasteiger partial charge on any atom is 0.325 e. The summed E-state index contributed by atoms with van der Waals surface area (Å²) in [5.41, 5.74) is 0.871. The fourth-order valence-electron chi connectivity index (χ4n) is 1.14. The van der Waals surface area contributed by atoms with Crippen molar-refractivity contribution in [2.24, 2.45) is 0 Å². The monoisotopic (exact) mass is 333 g/mol. The second kappa shape index (κ2) is 5.83. The molecule has 0 spiro atoms. The van der Waals surface area contributed by atoms with Crippen LogP contribution in [0.25, 0.3) is 0 Å². The van der Waals surface area contributed by atoms with Crippen molar-refractivity contribution in [1.82, 2.24) is 5.32 Å². The molecule has 1 aromatic rings. The minimum Gasteiger partial charge on any atom is -0.480 e. The second-order valence-corrected chi connectivity index (χ2v) is 4.68. The fourth-order valence-corrected chi connectivity index (χ4v) is 1.50. The molecule has 1 aromatic carbocycles. The Kier molecular flexibility index (Phi) is 4.72. The number of halogens is 1. The Morgan fingerprint density at radius 1 is 1.38 bits per heavy atom. The summed E-state index contributed by atoms with van der Waals surface area (Å²) in [7, 11) is 0. The largest absolute Gasteiger partial charge is 0.480 e. The molecule has 4 nitrogen and oxygen atoms in total. The highest BCUT2D eigenvalue weighted by Crippen LogP contribution is 2.07. The number of carbonyl (C=O) groups excluding carboxylic acids is 1. The molecule has 1 amide bonds. The third kappa shape index (κ3) is 4.18. The lowest BCUT2D eigenvalue weighted by atomic mass is 10.1. The lowest BCUT2D eigenvalue weighted by Gasteiger charge is -2.09. The third-order valence-corrected chi connectivity index (χ3v) is 2.75. The van der Waals surface area contributed by atoms with E-state index in [4.69, 9.17) is 5.11 Å². The first-order valence-electron chi connectivity index (χ1n) is 4.75. The number of hydrogen-bond donors (Lipinski definition) is 2. The molecule has 0 radical (unpaired) electrons. The summed E-state index contributed by atoms with van der Waals surface area (Å²) in [5, 5.41) is 11.0. The van der Waals surface area contributed by atoms with E-state index < -0.39 is 12.0 Å². The number of carbonyl (C=O) groups is 2. The summed E-state index contributed by atoms with van der Waals surface area (Å²) in [6, 6.07) is 6.67. The van der Waals surface area contributed by atoms with Crippen molar-refractivity contribution in [3.63, 3.8) is 0 Å². The van der Waals surface area contributed by atoms with Crippen LogP contribution in [0.4, 0.5) is 0 Å². The van der Waals surface area contributed by atoms with Crippen LogP contribution >= 0.6 is 22.6 Å². The molecular formula is C11H12INO3. The van der Waals surface area contributed by atoms with Gasteiger partial charge in [-0.05, 0) is 47.2 Å². The van der Waals surface area contributed by atoms with E-state index in [-0.39, 0.29) is 12.3 Å². The molecule has 0 saturated carbocycles. The van der Waals surface area contributed by atoms with E-state index in [0.29, 0.717) is 0 Å². The number of hydrogen-bond acceptors (Lipinski definition) is 2. The van der Waals surface area contributed by atoms with Crippen LogP contribution in [-0.4, -0.2) is 23.0 Å². The standard InChI is InChI=1S/C11H12INO3/c1-7(11(15)16)13-10(14)6-8-2-4-9(12)5-3-8/h2-5,7H,6H2,1H3,(H,13,14)(H,15,16). The first-order chi connectivity index (χ1) is 7.49. The number of amides is 1. The van der Waals surface area contributed by atoms with Gasteiger partial charge in [0.2, 0.25) is 5.91 Å². The normalized spacial score (nSPS) is 11.9. The third-order valence-electron chi connectivity index (χ3n) is 2.03. The molecule has 5 heteroatoms. The van der Waals surface area contributed by atoms with Gasteiger partial charge in [0, 0.05) is 3.57 Å². The van der Waals surface area contributed by atoms with Crippen LogP contribution in [0.15, 0.2) is 24.3 Å². The van der Waals surface area contributed by atoms with Gasteiger partial charge in [0.15, 0.2) is 0 Å². The van der Waals surface area contributed by atoms with Gasteiger partial charge in [-0.3, -0.25) is 9.59 Å². The summed E-state index contributed by atoms with van der Waals surface area (Å²) in [6.45, 7) is 1.44. The first kappa shape index (κ1) is 13.0. The van der Waals surface area contributed by atoms with Gasteiger partial charge >= 0.3 is 5.97 Å². The van der Waals surface area contributed by atoms with Crippen molar-refractivity contribution in [1.29, 1.82) is 0 Å². The van der Waals surface area contributed by atoms with Crippen LogP contribution in [0, 0.1) is 3.57 Å². The minimum absolute atomic E-state index is 0.203. The van der Waals surface area contributed by atoms with E-state index in [1.54, 1.807) is 0 Å². The minimum atomic E-state index is -1.03. The maximum atomic E-state index is 11.4. The molecule has 1 unspecified atom stereocenters. The number of carboxylic acid groups (broad SMARTS) is 1. The van der Waals surface area contributed by atoms with Crippen molar-refractivity contribution in [3.05, 3.63) is 33.4 Å². The van der Waals surface area contributed by atoms with Gasteiger partial charge in [-0.2, -0.15) is 0 Å². The SMILES string of the molecule is CC(NC(=O)Cc1ccc(I)cc1)C(=O)O. The smallest absolute Gasteiger partial charge is 0.325 e. The van der Waals surface area contributed by atoms with Gasteiger partial charge in [0.05, 0.1) is 6.42 Å². The van der Waals surface area contributed by atoms with E-state index >= 15 is 0 Å². The molecule has 1 rings (SSSR count). The van der Waals surface area contributed by atoms with E-state index in [9.17, 15) is 9.59 Å². The van der Waals surface area contributed by atoms with Crippen molar-refractivity contribution < 1.29 is 14.7 Å². The second-order valence-electron chi connectivity index (χ2n) is 3.43. The molecule has 86 valence electrons. The Labute approximate surface area is 107 Å². The molecule has 0 heterocycles. The van der Waals surface area contributed by atoms with Crippen molar-refractivity contribution in [2.75, 3.05) is 0 Å². The predicted molar refractivity (Wildman–Crippen MR) is 68.1 cm³/mol. The van der Waals surface area contributed by atoms with Crippen molar-refractivity contribution in [3.8, 4) is 0 Å². The molecule has 0 fully saturated rings. The van der Waals surface area contributed by atoms with Gasteiger partial charge in [-0.15, -0.1) is 0 Å². The zero-order valence-electron chi connectivity index (χ0n) is 8.74. The highest BCUT2D eigenvalue weighted by atomic mass is 127. The lowest BCUT2D eigenvalue weighted by Crippen LogP contribution is -2.39. The summed E-state index contributed by atoms with van der Waals surface area (Å²) in [4.78, 5) is 22.0. The number of rotatable bonds is 4. The Hall–Kier alpha value is -1.11. The zero-order chi connectivity index (χ0) is 12.1. The molecule has 16 heavy (non-hydrogen) atoms. The number of nitrogens with one attached hydrogen (secondary N) is 1. The molecule has 0 bridgehead atoms. The predicted octanol–water partition coefficient (Wildman–Crippen LogP) is 1.42. The van der Waals surface area contributed by atoms with Crippen molar-refractivity contribution in [2.45, 2.75) is 19.4 Å². The van der Waals surface area contributed by atoms with Gasteiger partial charge in [0.25, 0.3) is 0 Å². The fraction of sp³-hybridized carbons (Fsp3) is 0.273. The summed E-state index contributed by atoms with van der Waals surface area (Å²) in [6.07, 6.45) is 0.203. The van der Waals surface area contributed by atoms with E-state index in [2.05, 4.69) is 27.9 Å². The summed E-state index contributed by atoms with van der Waals surface area (Å²) in [5.74, 6) is -1.31. The molecule has 0 saturated heterocycles. The van der Waals surface area contributed by atoms with Crippen LogP contribution in [0.1, 0.15) is 12.5 Å². The van der Waals surface area contributed by atoms with E-state index in [1.807, 2.05) is 24.3 Å². The molecule has 0 aliphatic rings. The molecule has 0 aromatic heterocycles. The van der Waals surface area contributed by atoms with Crippen LogP contribution in [-0.2, 0) is 16.0 Å². The van der Waals surface area contributed by atoms with Crippen LogP contribution in [0.3, 0.4) is 0 Å². The number of aliphatic carboxylic acids is 1. The highest BCUT2D eigenvalue weighted by Gasteiger charge is 2.13. The topological polar surface area (TPSA) is 66.4 Å². The number of benzene rings is 1. The van der Waals surface area contributed by atoms with Crippen LogP contribution < -0.4 is 5.32 Å². The highest BCUT2D eigenvalue weighted by molar-refractivity contribution is 14.1. The Balaban J connectivity index is 2.52. The lowest BCUT2D eigenvalue weighted by molar-refractivity contribution is -0.141. The van der Waals surface area contributed by atoms with Crippen molar-refractivity contribution >= 4 is 34.5 Å². The summed E-state index contributed by atoms with van der Waals surface area (Å²) >= 11 is 2.18. The zero-order valence-corrected chi connectivity index (χ0v) is 10.9. The van der Waals surface area contributed by atoms with Gasteiger partial charge in [-0.25, -0.2) is 0 Å². The Bertz CT molecular complexity index is 389. The Morgan fingerprint density at radius 2 is 1.94 bits per heavy atom. The Morgan fingerprint density at radius 3 is 2.44 bits per heavy atom. The molecule has 0 aliphatic heterocycles. The first-order valence-corrected chi connectivity index (χ1v) is 5.83. The van der Waals surface area contributed by atoms with E-state index in [1.165, 1.54) is 6.92 Å². The van der Waals surface area contributed by atoms with Gasteiger partial charge in [0.1, 0.15) is 6.04 Å². The number of carboxylic acids is 1. The quantitative estimate of drug-likeness (QED) is 0.819. The van der Waals surface area contributed by atoms with E-state index in [0.717, 1.165) is 9.13 Å². The average molecular weight is 333 g/mol. The average Bonchev–Trinajstić information content (AvgIpc) is 2.21. The van der Waals surface area contributed by atoms with Gasteiger partial charge in [-0.1, -0.05) is 12.1 Å². The summed E-state index contributed by atoms with van der Waals surface area (Å²) < 4.78 is 1.10. The maximum absolute atomic E-state index is 11.4. The van der Waals surface area contributed by atoms with Crippen LogP contribution in [0.5, 0.6) is 0 Å². The molecular weight excluding hydrogens is 321 g/mol. The van der Waals surface area contributed by atoms with Gasteiger partial charge < -0.3 is 10.4 Å². The van der Waals surface area contributed by atoms with Crippen LogP contribution in [0.2, 0.25) is 0 Å². The molecule has 1 atom stereocenters. The molecule has 2 N–H and O–H groups in total. The molecule has 0 aliphatic carbocycles.